The second-order valence-electron chi connectivity index (χ2n) is 4.59. The molecule has 1 aromatic carbocycles. The van der Waals surface area contributed by atoms with E-state index >= 15 is 0 Å². The largest absolute Gasteiger partial charge is 0.362 e. The smallest absolute Gasteiger partial charge is 0.0795 e. The van der Waals surface area contributed by atoms with Crippen molar-refractivity contribution < 1.29 is 0 Å². The lowest BCUT2D eigenvalue weighted by molar-refractivity contribution is 0.630. The predicted octanol–water partition coefficient (Wildman–Crippen LogP) is 2.81. The van der Waals surface area contributed by atoms with E-state index in [1.165, 1.54) is 11.3 Å². The maximum absolute atomic E-state index is 4.45. The van der Waals surface area contributed by atoms with E-state index in [0.29, 0.717) is 6.04 Å². The minimum atomic E-state index is 0.331. The average Bonchev–Trinajstić information content (AvgIpc) is 2.85. The van der Waals surface area contributed by atoms with Crippen molar-refractivity contribution in [3.63, 3.8) is 0 Å². The van der Waals surface area contributed by atoms with Crippen molar-refractivity contribution in [1.82, 2.24) is 10.3 Å². The second-order valence-corrected chi connectivity index (χ2v) is 5.31. The number of nitrogens with zero attached hydrogens (tertiary/aromatic N) is 2. The highest BCUT2D eigenvalue weighted by atomic mass is 32.1. The van der Waals surface area contributed by atoms with E-state index in [9.17, 15) is 0 Å². The number of fused-ring (bicyclic) bond motifs is 1. The molecular weight excluding hydrogens is 242 g/mol. The Morgan fingerprint density at radius 2 is 2.28 bits per heavy atom. The van der Waals surface area contributed by atoms with Crippen LogP contribution < -0.4 is 10.2 Å². The monoisotopic (exact) mass is 259 g/mol. The summed E-state index contributed by atoms with van der Waals surface area (Å²) >= 11 is 1.67. The van der Waals surface area contributed by atoms with Gasteiger partial charge in [-0.25, -0.2) is 4.98 Å². The van der Waals surface area contributed by atoms with Crippen LogP contribution in [0.3, 0.4) is 0 Å². The van der Waals surface area contributed by atoms with Crippen LogP contribution in [0, 0.1) is 0 Å². The Hall–Kier alpha value is -1.39. The van der Waals surface area contributed by atoms with Gasteiger partial charge < -0.3 is 10.2 Å². The predicted molar refractivity (Wildman–Crippen MR) is 76.0 cm³/mol. The van der Waals surface area contributed by atoms with Crippen LogP contribution in [0.15, 0.2) is 35.2 Å². The SMILES string of the molecule is CC(c1cscn1)N1CCNCc2ccccc21. The number of aromatic nitrogens is 1. The van der Waals surface area contributed by atoms with Crippen LogP contribution in [-0.4, -0.2) is 18.1 Å². The molecule has 0 fully saturated rings. The molecule has 3 nitrogen and oxygen atoms in total. The highest BCUT2D eigenvalue weighted by Gasteiger charge is 2.21. The Labute approximate surface area is 111 Å². The van der Waals surface area contributed by atoms with Gasteiger partial charge >= 0.3 is 0 Å². The van der Waals surface area contributed by atoms with Crippen molar-refractivity contribution >= 4 is 17.0 Å². The number of anilines is 1. The minimum absolute atomic E-state index is 0.331. The highest BCUT2D eigenvalue weighted by Crippen LogP contribution is 2.30. The van der Waals surface area contributed by atoms with E-state index in [2.05, 4.69) is 51.8 Å². The second kappa shape index (κ2) is 5.08. The zero-order valence-corrected chi connectivity index (χ0v) is 11.3. The number of benzene rings is 1. The molecule has 0 spiro atoms. The number of hydrogen-bond donors (Lipinski definition) is 1. The first kappa shape index (κ1) is 11.7. The van der Waals surface area contributed by atoms with Crippen molar-refractivity contribution in [1.29, 1.82) is 0 Å². The molecule has 18 heavy (non-hydrogen) atoms. The van der Waals surface area contributed by atoms with Gasteiger partial charge in [-0.3, -0.25) is 0 Å². The molecule has 0 bridgehead atoms. The van der Waals surface area contributed by atoms with Gasteiger partial charge in [0.15, 0.2) is 0 Å². The van der Waals surface area contributed by atoms with E-state index < -0.39 is 0 Å². The van der Waals surface area contributed by atoms with E-state index in [1.54, 1.807) is 11.3 Å². The molecule has 1 N–H and O–H groups in total. The van der Waals surface area contributed by atoms with Crippen molar-refractivity contribution in [2.45, 2.75) is 19.5 Å². The summed E-state index contributed by atoms with van der Waals surface area (Å²) in [7, 11) is 0. The molecule has 0 saturated heterocycles. The molecule has 2 heterocycles. The molecule has 1 aliphatic rings. The average molecular weight is 259 g/mol. The Morgan fingerprint density at radius 3 is 3.11 bits per heavy atom. The number of rotatable bonds is 2. The molecule has 0 amide bonds. The molecule has 1 atom stereocenters. The van der Waals surface area contributed by atoms with E-state index in [1.807, 2.05) is 5.51 Å². The number of thiazole rings is 1. The van der Waals surface area contributed by atoms with E-state index in [0.717, 1.165) is 25.3 Å². The van der Waals surface area contributed by atoms with Crippen LogP contribution in [0.5, 0.6) is 0 Å². The third kappa shape index (κ3) is 2.13. The molecule has 4 heteroatoms. The lowest BCUT2D eigenvalue weighted by Gasteiger charge is -2.30. The fourth-order valence-electron chi connectivity index (χ4n) is 2.47. The maximum atomic E-state index is 4.45. The fourth-order valence-corrected chi connectivity index (χ4v) is 3.11. The summed E-state index contributed by atoms with van der Waals surface area (Å²) in [5.41, 5.74) is 5.78. The molecule has 2 aromatic rings. The summed E-state index contributed by atoms with van der Waals surface area (Å²) in [6.07, 6.45) is 0. The van der Waals surface area contributed by atoms with Crippen LogP contribution in [0.2, 0.25) is 0 Å². The maximum Gasteiger partial charge on any atom is 0.0795 e. The van der Waals surface area contributed by atoms with Crippen LogP contribution in [0.4, 0.5) is 5.69 Å². The van der Waals surface area contributed by atoms with E-state index in [4.69, 9.17) is 0 Å². The first-order chi connectivity index (χ1) is 8.86. The van der Waals surface area contributed by atoms with Gasteiger partial charge in [0.25, 0.3) is 0 Å². The van der Waals surface area contributed by atoms with Crippen molar-refractivity contribution in [2.75, 3.05) is 18.0 Å². The summed E-state index contributed by atoms with van der Waals surface area (Å²) in [4.78, 5) is 6.90. The Kier molecular flexibility index (Phi) is 3.30. The quantitative estimate of drug-likeness (QED) is 0.899. The lowest BCUT2D eigenvalue weighted by Crippen LogP contribution is -2.31. The van der Waals surface area contributed by atoms with Gasteiger partial charge in [-0.15, -0.1) is 11.3 Å². The lowest BCUT2D eigenvalue weighted by atomic mass is 10.1. The Morgan fingerprint density at radius 1 is 1.39 bits per heavy atom. The molecule has 1 aromatic heterocycles. The standard InChI is InChI=1S/C14H17N3S/c1-11(13-9-18-10-16-13)17-7-6-15-8-12-4-2-3-5-14(12)17/h2-5,9-11,15H,6-8H2,1H3. The van der Waals surface area contributed by atoms with Crippen molar-refractivity contribution in [3.8, 4) is 0 Å². The van der Waals surface area contributed by atoms with Gasteiger partial charge in [-0.2, -0.15) is 0 Å². The molecule has 1 aliphatic heterocycles. The van der Waals surface area contributed by atoms with Crippen molar-refractivity contribution in [2.24, 2.45) is 0 Å². The molecule has 3 rings (SSSR count). The van der Waals surface area contributed by atoms with Crippen LogP contribution >= 0.6 is 11.3 Å². The number of hydrogen-bond acceptors (Lipinski definition) is 4. The summed E-state index contributed by atoms with van der Waals surface area (Å²) < 4.78 is 0. The Balaban J connectivity index is 1.96. The molecule has 94 valence electrons. The molecular formula is C14H17N3S. The van der Waals surface area contributed by atoms with Gasteiger partial charge in [0, 0.05) is 30.7 Å². The third-order valence-corrected chi connectivity index (χ3v) is 4.10. The molecule has 1 unspecified atom stereocenters. The van der Waals surface area contributed by atoms with E-state index in [-0.39, 0.29) is 0 Å². The van der Waals surface area contributed by atoms with Gasteiger partial charge in [-0.05, 0) is 18.6 Å². The van der Waals surface area contributed by atoms with Gasteiger partial charge in [-0.1, -0.05) is 18.2 Å². The summed E-state index contributed by atoms with van der Waals surface area (Å²) in [6.45, 7) is 5.23. The number of nitrogens with one attached hydrogen (secondary N) is 1. The summed E-state index contributed by atoms with van der Waals surface area (Å²) in [5, 5.41) is 5.62. The van der Waals surface area contributed by atoms with Gasteiger partial charge in [0.1, 0.15) is 0 Å². The first-order valence-electron chi connectivity index (χ1n) is 6.29. The third-order valence-electron chi connectivity index (χ3n) is 3.49. The molecule has 0 aliphatic carbocycles. The number of para-hydroxylation sites is 1. The zero-order valence-electron chi connectivity index (χ0n) is 10.5. The summed E-state index contributed by atoms with van der Waals surface area (Å²) in [6, 6.07) is 8.97. The van der Waals surface area contributed by atoms with Gasteiger partial charge in [0.05, 0.1) is 17.2 Å². The zero-order chi connectivity index (χ0) is 12.4. The van der Waals surface area contributed by atoms with Crippen LogP contribution in [0.1, 0.15) is 24.2 Å². The molecule has 0 radical (unpaired) electrons. The summed E-state index contributed by atoms with van der Waals surface area (Å²) in [5.74, 6) is 0. The van der Waals surface area contributed by atoms with Crippen LogP contribution in [0.25, 0.3) is 0 Å². The first-order valence-corrected chi connectivity index (χ1v) is 7.24. The highest BCUT2D eigenvalue weighted by molar-refractivity contribution is 7.07. The van der Waals surface area contributed by atoms with Crippen molar-refractivity contribution in [3.05, 3.63) is 46.4 Å². The van der Waals surface area contributed by atoms with Gasteiger partial charge in [0.2, 0.25) is 0 Å². The minimum Gasteiger partial charge on any atom is -0.362 e. The fraction of sp³-hybridized carbons (Fsp3) is 0.357. The molecule has 0 saturated carbocycles. The van der Waals surface area contributed by atoms with Crippen LogP contribution in [-0.2, 0) is 6.54 Å². The Bertz CT molecular complexity index is 510. The normalized spacial score (nSPS) is 17.1. The topological polar surface area (TPSA) is 28.2 Å².